The fraction of sp³-hybridized carbons (Fsp3) is 0.812. The van der Waals surface area contributed by atoms with Gasteiger partial charge in [-0.1, -0.05) is 25.7 Å². The lowest BCUT2D eigenvalue weighted by molar-refractivity contribution is -0.152. The molecular formula is C32H48N2O9. The third kappa shape index (κ3) is 9.57. The number of nitrogens with one attached hydrogen (secondary N) is 2. The minimum absolute atomic E-state index is 0.116. The van der Waals surface area contributed by atoms with Crippen LogP contribution in [0.25, 0.3) is 0 Å². The predicted molar refractivity (Wildman–Crippen MR) is 156 cm³/mol. The monoisotopic (exact) mass is 604 g/mol. The number of amides is 2. The average molecular weight is 605 g/mol. The first-order valence-corrected chi connectivity index (χ1v) is 16.2. The van der Waals surface area contributed by atoms with E-state index >= 15 is 0 Å². The second-order valence-electron chi connectivity index (χ2n) is 12.8. The first-order chi connectivity index (χ1) is 20.7. The molecule has 11 heteroatoms. The summed E-state index contributed by atoms with van der Waals surface area (Å²) in [6.07, 6.45) is 18.0. The Bertz CT molecular complexity index is 999. The zero-order valence-electron chi connectivity index (χ0n) is 25.0. The van der Waals surface area contributed by atoms with Gasteiger partial charge in [-0.2, -0.15) is 0 Å². The number of carboxylic acid groups (broad SMARTS) is 2. The summed E-state index contributed by atoms with van der Waals surface area (Å²) in [6, 6.07) is -0.241. The molecular weight excluding hydrogens is 556 g/mol. The van der Waals surface area contributed by atoms with Crippen LogP contribution >= 0.6 is 0 Å². The topological polar surface area (TPSA) is 160 Å². The van der Waals surface area contributed by atoms with Crippen LogP contribution in [0.3, 0.4) is 0 Å². The Balaban J connectivity index is 1.21. The van der Waals surface area contributed by atoms with Crippen molar-refractivity contribution in [1.82, 2.24) is 10.6 Å². The van der Waals surface area contributed by atoms with Gasteiger partial charge in [0.2, 0.25) is 11.8 Å². The van der Waals surface area contributed by atoms with Crippen molar-refractivity contribution in [2.45, 2.75) is 127 Å². The minimum atomic E-state index is -0.992. The first kappa shape index (κ1) is 33.1. The third-order valence-electron chi connectivity index (χ3n) is 9.91. The molecule has 0 aromatic rings. The van der Waals surface area contributed by atoms with Crippen LogP contribution in [0, 0.1) is 36.2 Å². The number of rotatable bonds is 12. The van der Waals surface area contributed by atoms with Crippen LogP contribution in [0.1, 0.15) is 96.3 Å². The maximum absolute atomic E-state index is 13.3. The maximum Gasteiger partial charge on any atom is 0.307 e. The summed E-state index contributed by atoms with van der Waals surface area (Å²) in [7, 11) is 0. The lowest BCUT2D eigenvalue weighted by Gasteiger charge is -2.36. The number of hydrogen-bond donors (Lipinski definition) is 4. The molecule has 0 bridgehead atoms. The molecule has 2 amide bonds. The summed E-state index contributed by atoms with van der Waals surface area (Å²) in [6.45, 7) is 0.950. The van der Waals surface area contributed by atoms with Crippen molar-refractivity contribution >= 4 is 23.8 Å². The number of hydrogen-bond acceptors (Lipinski definition) is 7. The highest BCUT2D eigenvalue weighted by molar-refractivity contribution is 5.86. The Morgan fingerprint density at radius 1 is 0.605 bits per heavy atom. The van der Waals surface area contributed by atoms with E-state index in [0.717, 1.165) is 12.8 Å². The van der Waals surface area contributed by atoms with E-state index in [2.05, 4.69) is 16.7 Å². The maximum atomic E-state index is 13.3. The van der Waals surface area contributed by atoms with Gasteiger partial charge in [0.15, 0.2) is 0 Å². The Kier molecular flexibility index (Phi) is 12.5. The second-order valence-corrected chi connectivity index (χ2v) is 12.8. The van der Waals surface area contributed by atoms with E-state index in [4.69, 9.17) is 20.6 Å². The van der Waals surface area contributed by atoms with Crippen LogP contribution in [0.4, 0.5) is 0 Å². The Hall–Kier alpha value is -2.84. The fourth-order valence-electron chi connectivity index (χ4n) is 7.45. The van der Waals surface area contributed by atoms with Gasteiger partial charge in [0.25, 0.3) is 0 Å². The number of carbonyl (C=O) groups is 4. The highest BCUT2D eigenvalue weighted by atomic mass is 16.5. The van der Waals surface area contributed by atoms with Gasteiger partial charge in [0.1, 0.15) is 12.2 Å². The normalized spacial score (nSPS) is 33.5. The van der Waals surface area contributed by atoms with Crippen LogP contribution in [0.15, 0.2) is 0 Å². The van der Waals surface area contributed by atoms with E-state index in [1.165, 1.54) is 19.3 Å². The molecule has 4 fully saturated rings. The van der Waals surface area contributed by atoms with Crippen molar-refractivity contribution in [3.63, 3.8) is 0 Å². The van der Waals surface area contributed by atoms with Crippen LogP contribution in [-0.2, 0) is 33.4 Å². The summed E-state index contributed by atoms with van der Waals surface area (Å²) in [4.78, 5) is 50.1. The molecule has 0 radical (unpaired) electrons. The molecule has 0 aromatic heterocycles. The zero-order valence-corrected chi connectivity index (χ0v) is 25.0. The van der Waals surface area contributed by atoms with Gasteiger partial charge in [0, 0.05) is 12.1 Å². The standard InChI is InChI=1S/C32H48N2O9/c1-2-41-23-12-14-25(31(37)38)27(18-23)29(35)33-20-8-10-21(11-9-20)34-30(36)28-19-24(13-15-26(28)32(39)40)43-17-16-42-22-6-4-3-5-7-22/h1,20-28H,3-19H2,(H,33,35)(H,34,36)(H,37,38)(H,39,40). The minimum Gasteiger partial charge on any atom is -0.481 e. The number of ether oxygens (including phenoxy) is 3. The molecule has 240 valence electrons. The van der Waals surface area contributed by atoms with E-state index in [1.807, 2.05) is 0 Å². The SMILES string of the molecule is C#COC1CCC(C(=O)O)C(C(=O)NC2CCC(NC(=O)C3CC(OCCOC4CCCCC4)CCC3C(=O)O)CC2)C1. The van der Waals surface area contributed by atoms with Crippen LogP contribution in [0.5, 0.6) is 0 Å². The summed E-state index contributed by atoms with van der Waals surface area (Å²) >= 11 is 0. The smallest absolute Gasteiger partial charge is 0.307 e. The molecule has 4 aliphatic carbocycles. The van der Waals surface area contributed by atoms with E-state index in [1.54, 1.807) is 0 Å². The molecule has 4 rings (SSSR count). The summed E-state index contributed by atoms with van der Waals surface area (Å²) < 4.78 is 17.2. The lowest BCUT2D eigenvalue weighted by atomic mass is 9.76. The molecule has 4 N–H and O–H groups in total. The van der Waals surface area contributed by atoms with Gasteiger partial charge in [-0.25, -0.2) is 0 Å². The summed E-state index contributed by atoms with van der Waals surface area (Å²) in [5.41, 5.74) is 0. The van der Waals surface area contributed by atoms with Gasteiger partial charge in [-0.15, -0.1) is 0 Å². The van der Waals surface area contributed by atoms with Gasteiger partial charge < -0.3 is 35.1 Å². The van der Waals surface area contributed by atoms with Crippen molar-refractivity contribution in [3.05, 3.63) is 0 Å². The number of aliphatic carboxylic acids is 2. The molecule has 0 aliphatic heterocycles. The molecule has 0 aromatic carbocycles. The lowest BCUT2D eigenvalue weighted by Crippen LogP contribution is -2.50. The van der Waals surface area contributed by atoms with E-state index in [-0.39, 0.29) is 42.5 Å². The molecule has 11 nitrogen and oxygen atoms in total. The van der Waals surface area contributed by atoms with Crippen molar-refractivity contribution in [2.24, 2.45) is 23.7 Å². The van der Waals surface area contributed by atoms with Gasteiger partial charge >= 0.3 is 11.9 Å². The Morgan fingerprint density at radius 3 is 1.56 bits per heavy atom. The molecule has 4 saturated carbocycles. The van der Waals surface area contributed by atoms with E-state index in [0.29, 0.717) is 77.1 Å². The number of carboxylic acids is 2. The average Bonchev–Trinajstić information content (AvgIpc) is 3.00. The highest BCUT2D eigenvalue weighted by Crippen LogP contribution is 2.34. The van der Waals surface area contributed by atoms with Crippen LogP contribution in [-0.4, -0.2) is 77.6 Å². The predicted octanol–water partition coefficient (Wildman–Crippen LogP) is 3.24. The fourth-order valence-corrected chi connectivity index (χ4v) is 7.45. The molecule has 43 heavy (non-hydrogen) atoms. The molecule has 0 heterocycles. The largest absolute Gasteiger partial charge is 0.481 e. The number of terminal acetylenes is 1. The van der Waals surface area contributed by atoms with Crippen LogP contribution < -0.4 is 10.6 Å². The molecule has 6 atom stereocenters. The third-order valence-corrected chi connectivity index (χ3v) is 9.91. The van der Waals surface area contributed by atoms with Gasteiger partial charge in [-0.3, -0.25) is 19.2 Å². The van der Waals surface area contributed by atoms with E-state index < -0.39 is 35.6 Å². The van der Waals surface area contributed by atoms with E-state index in [9.17, 15) is 29.4 Å². The van der Waals surface area contributed by atoms with Crippen molar-refractivity contribution in [2.75, 3.05) is 13.2 Å². The molecule has 6 unspecified atom stereocenters. The van der Waals surface area contributed by atoms with Crippen molar-refractivity contribution in [1.29, 1.82) is 0 Å². The number of carbonyl (C=O) groups excluding carboxylic acids is 2. The quantitative estimate of drug-likeness (QED) is 0.194. The Morgan fingerprint density at radius 2 is 1.07 bits per heavy atom. The van der Waals surface area contributed by atoms with Crippen molar-refractivity contribution in [3.8, 4) is 12.5 Å². The van der Waals surface area contributed by atoms with Crippen molar-refractivity contribution < 1.29 is 43.6 Å². The molecule has 0 spiro atoms. The van der Waals surface area contributed by atoms with Crippen LogP contribution in [0.2, 0.25) is 0 Å². The zero-order chi connectivity index (χ0) is 30.8. The van der Waals surface area contributed by atoms with Gasteiger partial charge in [0.05, 0.1) is 49.1 Å². The van der Waals surface area contributed by atoms with Gasteiger partial charge in [-0.05, 0) is 77.0 Å². The highest BCUT2D eigenvalue weighted by Gasteiger charge is 2.42. The molecule has 0 saturated heterocycles. The second kappa shape index (κ2) is 16.3. The summed E-state index contributed by atoms with van der Waals surface area (Å²) in [5.74, 6) is -5.39. The summed E-state index contributed by atoms with van der Waals surface area (Å²) in [5, 5.41) is 25.5. The first-order valence-electron chi connectivity index (χ1n) is 16.2. The molecule has 4 aliphatic rings. The Labute approximate surface area is 254 Å².